The van der Waals surface area contributed by atoms with Gasteiger partial charge in [-0.1, -0.05) is 6.07 Å². The predicted octanol–water partition coefficient (Wildman–Crippen LogP) is 2.07. The number of halogens is 3. The van der Waals surface area contributed by atoms with E-state index in [0.717, 1.165) is 0 Å². The van der Waals surface area contributed by atoms with E-state index in [9.17, 15) is 13.2 Å². The number of pyridine rings is 1. The van der Waals surface area contributed by atoms with E-state index in [2.05, 4.69) is 4.98 Å². The Hall–Kier alpha value is -1.10. The van der Waals surface area contributed by atoms with Crippen LogP contribution in [0.5, 0.6) is 0 Å². The third-order valence-corrected chi connectivity index (χ3v) is 1.73. The van der Waals surface area contributed by atoms with Crippen LogP contribution in [0.2, 0.25) is 0 Å². The monoisotopic (exact) mass is 205 g/mol. The molecule has 0 unspecified atom stereocenters. The van der Waals surface area contributed by atoms with E-state index in [-0.39, 0.29) is 13.0 Å². The van der Waals surface area contributed by atoms with Gasteiger partial charge in [-0.15, -0.1) is 0 Å². The molecule has 1 heterocycles. The van der Waals surface area contributed by atoms with E-state index in [0.29, 0.717) is 11.3 Å². The molecule has 0 aliphatic rings. The summed E-state index contributed by atoms with van der Waals surface area (Å²) < 4.78 is 35.5. The number of aliphatic hydroxyl groups excluding tert-OH is 1. The first-order valence-corrected chi connectivity index (χ1v) is 4.12. The van der Waals surface area contributed by atoms with Gasteiger partial charge < -0.3 is 5.11 Å². The van der Waals surface area contributed by atoms with Crippen LogP contribution in [0.25, 0.3) is 0 Å². The first-order chi connectivity index (χ1) is 6.51. The fourth-order valence-corrected chi connectivity index (χ4v) is 0.966. The molecule has 0 fully saturated rings. The second-order valence-electron chi connectivity index (χ2n) is 2.93. The summed E-state index contributed by atoms with van der Waals surface area (Å²) in [5, 5.41) is 8.67. The Labute approximate surface area is 79.4 Å². The number of hydrogen-bond donors (Lipinski definition) is 1. The third kappa shape index (κ3) is 3.74. The van der Waals surface area contributed by atoms with E-state index in [1.54, 1.807) is 6.07 Å². The van der Waals surface area contributed by atoms with Crippen molar-refractivity contribution in [3.05, 3.63) is 29.6 Å². The average Bonchev–Trinajstić information content (AvgIpc) is 2.14. The molecule has 1 rings (SSSR count). The minimum atomic E-state index is -4.14. The van der Waals surface area contributed by atoms with Crippen LogP contribution in [0.4, 0.5) is 13.2 Å². The average molecular weight is 205 g/mol. The van der Waals surface area contributed by atoms with Crippen LogP contribution in [0.15, 0.2) is 18.3 Å². The van der Waals surface area contributed by atoms with E-state index in [4.69, 9.17) is 5.11 Å². The van der Waals surface area contributed by atoms with Crippen molar-refractivity contribution in [2.45, 2.75) is 25.6 Å². The number of nitrogens with zero attached hydrogens (tertiary/aromatic N) is 1. The lowest BCUT2D eigenvalue weighted by molar-refractivity contribution is -0.134. The summed E-state index contributed by atoms with van der Waals surface area (Å²) >= 11 is 0. The third-order valence-electron chi connectivity index (χ3n) is 1.73. The Morgan fingerprint density at radius 3 is 2.43 bits per heavy atom. The van der Waals surface area contributed by atoms with Crippen LogP contribution < -0.4 is 0 Å². The molecule has 0 saturated carbocycles. The minimum absolute atomic E-state index is 0.116. The van der Waals surface area contributed by atoms with Crippen LogP contribution in [0.3, 0.4) is 0 Å². The maximum absolute atomic E-state index is 11.8. The van der Waals surface area contributed by atoms with Gasteiger partial charge in [0.25, 0.3) is 0 Å². The highest BCUT2D eigenvalue weighted by molar-refractivity contribution is 5.13. The first-order valence-electron chi connectivity index (χ1n) is 4.12. The summed E-state index contributed by atoms with van der Waals surface area (Å²) in [6, 6.07) is 3.07. The number of aryl methyl sites for hydroxylation is 1. The SMILES string of the molecule is OCc1ccc(CCC(F)(F)F)nc1. The Bertz CT molecular complexity index is 281. The van der Waals surface area contributed by atoms with Crippen LogP contribution in [-0.4, -0.2) is 16.3 Å². The summed E-state index contributed by atoms with van der Waals surface area (Å²) in [5.41, 5.74) is 0.986. The molecular weight excluding hydrogens is 195 g/mol. The molecule has 0 aromatic carbocycles. The van der Waals surface area contributed by atoms with Gasteiger partial charge >= 0.3 is 6.18 Å². The Kier molecular flexibility index (Phi) is 3.46. The summed E-state index contributed by atoms with van der Waals surface area (Å²) in [6.07, 6.45) is -3.74. The van der Waals surface area contributed by atoms with E-state index in [1.807, 2.05) is 0 Å². The molecule has 1 aromatic rings. The van der Waals surface area contributed by atoms with E-state index >= 15 is 0 Å². The molecule has 0 aliphatic carbocycles. The highest BCUT2D eigenvalue weighted by Crippen LogP contribution is 2.21. The second-order valence-corrected chi connectivity index (χ2v) is 2.93. The standard InChI is InChI=1S/C9H10F3NO/c10-9(11,12)4-3-8-2-1-7(6-14)5-13-8/h1-2,5,14H,3-4,6H2. The maximum Gasteiger partial charge on any atom is 0.389 e. The van der Waals surface area contributed by atoms with Crippen molar-refractivity contribution in [1.29, 1.82) is 0 Å². The minimum Gasteiger partial charge on any atom is -0.392 e. The summed E-state index contributed by atoms with van der Waals surface area (Å²) in [5.74, 6) is 0. The summed E-state index contributed by atoms with van der Waals surface area (Å²) in [6.45, 7) is -0.146. The first kappa shape index (κ1) is 11.0. The zero-order valence-corrected chi connectivity index (χ0v) is 7.38. The van der Waals surface area contributed by atoms with Gasteiger partial charge in [0.1, 0.15) is 0 Å². The smallest absolute Gasteiger partial charge is 0.389 e. The zero-order valence-electron chi connectivity index (χ0n) is 7.38. The van der Waals surface area contributed by atoms with Gasteiger partial charge in [0.2, 0.25) is 0 Å². The second kappa shape index (κ2) is 4.41. The van der Waals surface area contributed by atoms with Crippen molar-refractivity contribution in [1.82, 2.24) is 4.98 Å². The molecule has 0 aliphatic heterocycles. The van der Waals surface area contributed by atoms with Crippen molar-refractivity contribution in [2.24, 2.45) is 0 Å². The van der Waals surface area contributed by atoms with Crippen LogP contribution in [0.1, 0.15) is 17.7 Å². The summed E-state index contributed by atoms with van der Waals surface area (Å²) in [7, 11) is 0. The Morgan fingerprint density at radius 1 is 1.29 bits per heavy atom. The van der Waals surface area contributed by atoms with Gasteiger partial charge in [-0.25, -0.2) is 0 Å². The van der Waals surface area contributed by atoms with Crippen molar-refractivity contribution in [3.8, 4) is 0 Å². The molecule has 5 heteroatoms. The maximum atomic E-state index is 11.8. The zero-order chi connectivity index (χ0) is 10.6. The fourth-order valence-electron chi connectivity index (χ4n) is 0.966. The highest BCUT2D eigenvalue weighted by atomic mass is 19.4. The fraction of sp³-hybridized carbons (Fsp3) is 0.444. The van der Waals surface area contributed by atoms with Crippen molar-refractivity contribution < 1.29 is 18.3 Å². The predicted molar refractivity (Wildman–Crippen MR) is 44.5 cm³/mol. The quantitative estimate of drug-likeness (QED) is 0.819. The summed E-state index contributed by atoms with van der Waals surface area (Å²) in [4.78, 5) is 3.79. The molecule has 1 aromatic heterocycles. The van der Waals surface area contributed by atoms with Gasteiger partial charge in [0.05, 0.1) is 6.61 Å². The molecule has 78 valence electrons. The van der Waals surface area contributed by atoms with Gasteiger partial charge in [0.15, 0.2) is 0 Å². The van der Waals surface area contributed by atoms with E-state index < -0.39 is 12.6 Å². The van der Waals surface area contributed by atoms with Crippen molar-refractivity contribution in [2.75, 3.05) is 0 Å². The number of hydrogen-bond acceptors (Lipinski definition) is 2. The molecule has 0 radical (unpaired) electrons. The van der Waals surface area contributed by atoms with Gasteiger partial charge in [-0.2, -0.15) is 13.2 Å². The van der Waals surface area contributed by atoms with Crippen LogP contribution >= 0.6 is 0 Å². The molecule has 14 heavy (non-hydrogen) atoms. The number of aromatic nitrogens is 1. The topological polar surface area (TPSA) is 33.1 Å². The molecular formula is C9H10F3NO. The lowest BCUT2D eigenvalue weighted by Gasteiger charge is -2.05. The molecule has 0 amide bonds. The highest BCUT2D eigenvalue weighted by Gasteiger charge is 2.26. The van der Waals surface area contributed by atoms with Crippen molar-refractivity contribution in [3.63, 3.8) is 0 Å². The Morgan fingerprint density at radius 2 is 2.00 bits per heavy atom. The van der Waals surface area contributed by atoms with Crippen molar-refractivity contribution >= 4 is 0 Å². The lowest BCUT2D eigenvalue weighted by Crippen LogP contribution is -2.09. The Balaban J connectivity index is 2.52. The molecule has 0 spiro atoms. The van der Waals surface area contributed by atoms with Crippen LogP contribution in [-0.2, 0) is 13.0 Å². The molecule has 0 bridgehead atoms. The molecule has 0 saturated heterocycles. The molecule has 2 nitrogen and oxygen atoms in total. The van der Waals surface area contributed by atoms with Gasteiger partial charge in [-0.3, -0.25) is 4.98 Å². The lowest BCUT2D eigenvalue weighted by atomic mass is 10.2. The van der Waals surface area contributed by atoms with Crippen LogP contribution in [0, 0.1) is 0 Å². The number of aliphatic hydroxyl groups is 1. The van der Waals surface area contributed by atoms with Gasteiger partial charge in [-0.05, 0) is 18.1 Å². The number of alkyl halides is 3. The largest absolute Gasteiger partial charge is 0.392 e. The van der Waals surface area contributed by atoms with Gasteiger partial charge in [0, 0.05) is 18.3 Å². The molecule has 1 N–H and O–H groups in total. The molecule has 0 atom stereocenters. The normalized spacial score (nSPS) is 11.7. The van der Waals surface area contributed by atoms with E-state index in [1.165, 1.54) is 12.3 Å². The number of rotatable bonds is 3.